The van der Waals surface area contributed by atoms with Crippen molar-refractivity contribution in [2.45, 2.75) is 6.18 Å². The monoisotopic (exact) mass is 418 g/mol. The first-order chi connectivity index (χ1) is 8.77. The van der Waals surface area contributed by atoms with Crippen LogP contribution in [-0.2, 0) is 6.18 Å². The predicted molar refractivity (Wildman–Crippen MR) is 75.2 cm³/mol. The van der Waals surface area contributed by atoms with Gasteiger partial charge < -0.3 is 0 Å². The Labute approximate surface area is 130 Å². The molecule has 0 amide bonds. The molecule has 0 atom stereocenters. The number of benzene rings is 1. The molecule has 2 aromatic rings. The maximum absolute atomic E-state index is 12.7. The van der Waals surface area contributed by atoms with E-state index >= 15 is 0 Å². The van der Waals surface area contributed by atoms with Gasteiger partial charge in [0.2, 0.25) is 0 Å². The molecule has 0 saturated heterocycles. The molecule has 8 heteroatoms. The van der Waals surface area contributed by atoms with Crippen LogP contribution in [0, 0.1) is 3.83 Å². The second-order valence-corrected chi connectivity index (χ2v) is 5.31. The molecule has 0 spiro atoms. The van der Waals surface area contributed by atoms with Gasteiger partial charge in [0.15, 0.2) is 3.83 Å². The summed E-state index contributed by atoms with van der Waals surface area (Å²) in [7, 11) is 0. The van der Waals surface area contributed by atoms with E-state index in [0.717, 1.165) is 6.07 Å². The Morgan fingerprint density at radius 3 is 2.26 bits per heavy atom. The lowest BCUT2D eigenvalue weighted by Gasteiger charge is -2.09. The fraction of sp³-hybridized carbons (Fsp3) is 0.0909. The third-order valence-corrected chi connectivity index (χ3v) is 3.43. The van der Waals surface area contributed by atoms with Crippen molar-refractivity contribution in [1.29, 1.82) is 0 Å². The van der Waals surface area contributed by atoms with Crippen molar-refractivity contribution < 1.29 is 13.2 Å². The van der Waals surface area contributed by atoms with Crippen LogP contribution in [0.25, 0.3) is 11.3 Å². The molecule has 19 heavy (non-hydrogen) atoms. The van der Waals surface area contributed by atoms with E-state index in [0.29, 0.717) is 10.6 Å². The van der Waals surface area contributed by atoms with Gasteiger partial charge in [-0.05, 0) is 18.2 Å². The summed E-state index contributed by atoms with van der Waals surface area (Å²) in [6, 6.07) is 5.39. The summed E-state index contributed by atoms with van der Waals surface area (Å²) in [5.41, 5.74) is -0.404. The van der Waals surface area contributed by atoms with Crippen LogP contribution in [0.5, 0.6) is 0 Å². The third-order valence-electron chi connectivity index (χ3n) is 2.20. The number of alkyl halides is 3. The maximum Gasteiger partial charge on any atom is 0.433 e. The Bertz CT molecular complexity index is 632. The van der Waals surface area contributed by atoms with Crippen molar-refractivity contribution in [2.75, 3.05) is 0 Å². The summed E-state index contributed by atoms with van der Waals surface area (Å²) in [6.45, 7) is 0. The average Bonchev–Trinajstić information content (AvgIpc) is 2.31. The largest absolute Gasteiger partial charge is 0.433 e. The lowest BCUT2D eigenvalue weighted by Crippen LogP contribution is -2.10. The zero-order valence-corrected chi connectivity index (χ0v) is 12.6. The molecule has 0 aliphatic carbocycles. The smallest absolute Gasteiger partial charge is 0.223 e. The van der Waals surface area contributed by atoms with Crippen LogP contribution in [0.1, 0.15) is 5.69 Å². The highest BCUT2D eigenvalue weighted by Crippen LogP contribution is 2.32. The van der Waals surface area contributed by atoms with E-state index in [-0.39, 0.29) is 14.5 Å². The van der Waals surface area contributed by atoms with E-state index in [1.54, 1.807) is 28.7 Å². The number of nitrogens with zero attached hydrogens (tertiary/aromatic N) is 2. The van der Waals surface area contributed by atoms with Crippen LogP contribution in [0.4, 0.5) is 13.2 Å². The summed E-state index contributed by atoms with van der Waals surface area (Å²) in [5, 5.41) is 0.576. The predicted octanol–water partition coefficient (Wildman–Crippen LogP) is 5.07. The lowest BCUT2D eigenvalue weighted by atomic mass is 10.1. The first kappa shape index (κ1) is 14.8. The van der Waals surface area contributed by atoms with E-state index in [2.05, 4.69) is 9.97 Å². The Morgan fingerprint density at radius 2 is 1.68 bits per heavy atom. The van der Waals surface area contributed by atoms with Crippen molar-refractivity contribution in [1.82, 2.24) is 9.97 Å². The minimum atomic E-state index is -4.52. The van der Waals surface area contributed by atoms with Gasteiger partial charge >= 0.3 is 6.18 Å². The highest BCUT2D eigenvalue weighted by molar-refractivity contribution is 14.1. The minimum absolute atomic E-state index is 0.00787. The molecule has 1 aromatic carbocycles. The van der Waals surface area contributed by atoms with Gasteiger partial charge in [-0.3, -0.25) is 0 Å². The Balaban J connectivity index is 2.56. The maximum atomic E-state index is 12.7. The molecule has 0 radical (unpaired) electrons. The van der Waals surface area contributed by atoms with Crippen LogP contribution in [-0.4, -0.2) is 9.97 Å². The normalized spacial score (nSPS) is 11.7. The van der Waals surface area contributed by atoms with Gasteiger partial charge in [-0.1, -0.05) is 29.3 Å². The minimum Gasteiger partial charge on any atom is -0.223 e. The van der Waals surface area contributed by atoms with Crippen LogP contribution in [0.3, 0.4) is 0 Å². The average molecular weight is 419 g/mol. The molecular weight excluding hydrogens is 415 g/mol. The van der Waals surface area contributed by atoms with Crippen molar-refractivity contribution in [3.8, 4) is 11.3 Å². The van der Waals surface area contributed by atoms with E-state index in [1.807, 2.05) is 0 Å². The van der Waals surface area contributed by atoms with Crippen LogP contribution < -0.4 is 0 Å². The zero-order valence-electron chi connectivity index (χ0n) is 8.97. The summed E-state index contributed by atoms with van der Waals surface area (Å²) in [6.07, 6.45) is -4.52. The van der Waals surface area contributed by atoms with E-state index in [1.165, 1.54) is 12.1 Å². The molecule has 1 heterocycles. The van der Waals surface area contributed by atoms with Gasteiger partial charge in [0.25, 0.3) is 0 Å². The van der Waals surface area contributed by atoms with Crippen LogP contribution >= 0.6 is 45.8 Å². The number of hydrogen-bond donors (Lipinski definition) is 0. The van der Waals surface area contributed by atoms with E-state index < -0.39 is 11.9 Å². The molecule has 2 nitrogen and oxygen atoms in total. The quantitative estimate of drug-likeness (QED) is 0.477. The molecule has 0 fully saturated rings. The molecule has 100 valence electrons. The summed E-state index contributed by atoms with van der Waals surface area (Å²) in [5.74, 6) is 0. The Hall–Kier alpha value is -0.600. The van der Waals surface area contributed by atoms with Crippen LogP contribution in [0.15, 0.2) is 24.3 Å². The first-order valence-corrected chi connectivity index (χ1v) is 6.68. The highest BCUT2D eigenvalue weighted by atomic mass is 127. The molecule has 0 saturated carbocycles. The Kier molecular flexibility index (Phi) is 4.22. The molecule has 0 N–H and O–H groups in total. The number of rotatable bonds is 1. The van der Waals surface area contributed by atoms with Crippen molar-refractivity contribution in [2.24, 2.45) is 0 Å². The molecule has 2 rings (SSSR count). The molecule has 1 aromatic heterocycles. The fourth-order valence-corrected chi connectivity index (χ4v) is 2.18. The molecule has 0 aliphatic rings. The van der Waals surface area contributed by atoms with Gasteiger partial charge in [0, 0.05) is 28.2 Å². The summed E-state index contributed by atoms with van der Waals surface area (Å²) in [4.78, 5) is 7.32. The van der Waals surface area contributed by atoms with Gasteiger partial charge in [-0.25, -0.2) is 9.97 Å². The summed E-state index contributed by atoms with van der Waals surface area (Å²) < 4.78 is 38.0. The standard InChI is InChI=1S/C11H4Cl2F3IN2/c12-6-2-1-5(3-7(6)13)8-4-9(11(14,15)16)19-10(17)18-8/h1-4H. The highest BCUT2D eigenvalue weighted by Gasteiger charge is 2.33. The topological polar surface area (TPSA) is 25.8 Å². The van der Waals surface area contributed by atoms with Crippen molar-refractivity contribution in [3.63, 3.8) is 0 Å². The van der Waals surface area contributed by atoms with Gasteiger partial charge in [0.05, 0.1) is 15.7 Å². The number of halogens is 6. The van der Waals surface area contributed by atoms with Gasteiger partial charge in [0.1, 0.15) is 5.69 Å². The first-order valence-electron chi connectivity index (χ1n) is 4.84. The van der Waals surface area contributed by atoms with Gasteiger partial charge in [-0.15, -0.1) is 0 Å². The SMILES string of the molecule is FC(F)(F)c1cc(-c2ccc(Cl)c(Cl)c2)nc(I)n1. The van der Waals surface area contributed by atoms with Crippen molar-refractivity contribution >= 4 is 45.8 Å². The van der Waals surface area contributed by atoms with E-state index in [4.69, 9.17) is 23.2 Å². The second-order valence-electron chi connectivity index (χ2n) is 3.53. The fourth-order valence-electron chi connectivity index (χ4n) is 1.37. The molecule has 0 bridgehead atoms. The molecule has 0 aliphatic heterocycles. The Morgan fingerprint density at radius 1 is 1.00 bits per heavy atom. The van der Waals surface area contributed by atoms with Crippen LogP contribution in [0.2, 0.25) is 10.0 Å². The zero-order chi connectivity index (χ0) is 14.2. The van der Waals surface area contributed by atoms with Gasteiger partial charge in [-0.2, -0.15) is 13.2 Å². The van der Waals surface area contributed by atoms with Crippen molar-refractivity contribution in [3.05, 3.63) is 43.8 Å². The number of hydrogen-bond acceptors (Lipinski definition) is 2. The molecular formula is C11H4Cl2F3IN2. The van der Waals surface area contributed by atoms with E-state index in [9.17, 15) is 13.2 Å². The summed E-state index contributed by atoms with van der Waals surface area (Å²) >= 11 is 13.2. The third kappa shape index (κ3) is 3.49. The second kappa shape index (κ2) is 5.41. The lowest BCUT2D eigenvalue weighted by molar-refractivity contribution is -0.141. The molecule has 0 unspecified atom stereocenters. The number of aromatic nitrogens is 2.